The highest BCUT2D eigenvalue weighted by Crippen LogP contribution is 2.21. The molecule has 1 aromatic heterocycles. The van der Waals surface area contributed by atoms with Crippen molar-refractivity contribution in [1.82, 2.24) is 15.1 Å². The molecule has 0 spiro atoms. The molecule has 0 bridgehead atoms. The normalized spacial score (nSPS) is 11.0. The van der Waals surface area contributed by atoms with Crippen LogP contribution in [0.2, 0.25) is 0 Å². The van der Waals surface area contributed by atoms with Gasteiger partial charge in [0.25, 0.3) is 0 Å². The fraction of sp³-hybridized carbons (Fsp3) is 0.312. The van der Waals surface area contributed by atoms with Crippen LogP contribution in [0.25, 0.3) is 0 Å². The Morgan fingerprint density at radius 1 is 1.44 bits per heavy atom. The number of amides is 1. The minimum Gasteiger partial charge on any atom is -0.507 e. The van der Waals surface area contributed by atoms with Crippen LogP contribution >= 0.6 is 0 Å². The van der Waals surface area contributed by atoms with Gasteiger partial charge in [0.15, 0.2) is 0 Å². The van der Waals surface area contributed by atoms with Gasteiger partial charge in [-0.15, -0.1) is 0 Å². The van der Waals surface area contributed by atoms with E-state index in [4.69, 9.17) is 0 Å². The van der Waals surface area contributed by atoms with E-state index in [1.807, 2.05) is 0 Å². The summed E-state index contributed by atoms with van der Waals surface area (Å²) in [7, 11) is 0. The maximum Gasteiger partial charge on any atom is 0.312 e. The van der Waals surface area contributed by atoms with Crippen molar-refractivity contribution >= 4 is 17.8 Å². The van der Waals surface area contributed by atoms with Crippen LogP contribution in [0, 0.1) is 24.0 Å². The molecule has 0 saturated heterocycles. The molecule has 25 heavy (non-hydrogen) atoms. The summed E-state index contributed by atoms with van der Waals surface area (Å²) in [6.07, 6.45) is 1.53. The number of nitrogens with one attached hydrogen (secondary N) is 1. The highest BCUT2D eigenvalue weighted by Gasteiger charge is 2.22. The van der Waals surface area contributed by atoms with Crippen LogP contribution in [-0.2, 0) is 11.3 Å². The number of rotatable bonds is 7. The molecule has 2 N–H and O–H groups in total. The third kappa shape index (κ3) is 4.63. The van der Waals surface area contributed by atoms with E-state index in [0.29, 0.717) is 24.3 Å². The molecule has 2 rings (SSSR count). The molecule has 9 heteroatoms. The van der Waals surface area contributed by atoms with Gasteiger partial charge in [-0.1, -0.05) is 12.1 Å². The summed E-state index contributed by atoms with van der Waals surface area (Å²) in [5.74, 6) is -0.167. The van der Waals surface area contributed by atoms with Crippen molar-refractivity contribution in [2.75, 3.05) is 13.1 Å². The van der Waals surface area contributed by atoms with Gasteiger partial charge in [-0.25, -0.2) is 0 Å². The molecular formula is C16H19N5O4. The maximum atomic E-state index is 11.9. The summed E-state index contributed by atoms with van der Waals surface area (Å²) in [5, 5.41) is 27.2. The molecule has 132 valence electrons. The topological polar surface area (TPSA) is 123 Å². The number of benzene rings is 1. The molecule has 9 nitrogen and oxygen atoms in total. The summed E-state index contributed by atoms with van der Waals surface area (Å²) >= 11 is 0. The number of phenols is 1. The quantitative estimate of drug-likeness (QED) is 0.339. The summed E-state index contributed by atoms with van der Waals surface area (Å²) in [6, 6.07) is 6.80. The van der Waals surface area contributed by atoms with Crippen molar-refractivity contribution in [1.29, 1.82) is 0 Å². The first-order valence-corrected chi connectivity index (χ1v) is 7.63. The lowest BCUT2D eigenvalue weighted by molar-refractivity contribution is -0.386. The predicted molar refractivity (Wildman–Crippen MR) is 91.9 cm³/mol. The van der Waals surface area contributed by atoms with Gasteiger partial charge in [0.1, 0.15) is 23.7 Å². The van der Waals surface area contributed by atoms with Crippen molar-refractivity contribution in [2.24, 2.45) is 4.99 Å². The molecule has 0 aliphatic heterocycles. The number of aliphatic imine (C=N–C) groups is 1. The highest BCUT2D eigenvalue weighted by atomic mass is 16.6. The second-order valence-corrected chi connectivity index (χ2v) is 5.38. The second kappa shape index (κ2) is 8.04. The van der Waals surface area contributed by atoms with Gasteiger partial charge in [-0.2, -0.15) is 5.10 Å². The van der Waals surface area contributed by atoms with E-state index in [9.17, 15) is 20.0 Å². The smallest absolute Gasteiger partial charge is 0.312 e. The average molecular weight is 345 g/mol. The molecule has 0 aliphatic rings. The van der Waals surface area contributed by atoms with Gasteiger partial charge in [0, 0.05) is 18.3 Å². The molecular weight excluding hydrogens is 326 g/mol. The Morgan fingerprint density at radius 2 is 2.16 bits per heavy atom. The SMILES string of the molecule is Cc1nn(CC(=O)NCCN=Cc2ccccc2O)c(C)c1[N+](=O)[O-]. The first-order chi connectivity index (χ1) is 11.9. The molecule has 1 aromatic carbocycles. The molecule has 0 unspecified atom stereocenters. The van der Waals surface area contributed by atoms with Gasteiger partial charge in [0.05, 0.1) is 11.5 Å². The number of aromatic hydroxyl groups is 1. The first-order valence-electron chi connectivity index (χ1n) is 7.63. The zero-order valence-electron chi connectivity index (χ0n) is 14.0. The first kappa shape index (κ1) is 18.1. The lowest BCUT2D eigenvalue weighted by Gasteiger charge is -2.05. The average Bonchev–Trinajstić information content (AvgIpc) is 2.82. The monoisotopic (exact) mass is 345 g/mol. The third-order valence-electron chi connectivity index (χ3n) is 3.55. The highest BCUT2D eigenvalue weighted by molar-refractivity contribution is 5.83. The zero-order chi connectivity index (χ0) is 18.4. The van der Waals surface area contributed by atoms with Gasteiger partial charge in [-0.3, -0.25) is 24.6 Å². The van der Waals surface area contributed by atoms with Gasteiger partial charge in [-0.05, 0) is 26.0 Å². The van der Waals surface area contributed by atoms with Crippen LogP contribution in [0.3, 0.4) is 0 Å². The molecule has 0 atom stereocenters. The number of hydrogen-bond acceptors (Lipinski definition) is 6. The Labute approximate surface area is 144 Å². The van der Waals surface area contributed by atoms with E-state index < -0.39 is 4.92 Å². The predicted octanol–water partition coefficient (Wildman–Crippen LogP) is 1.35. The maximum absolute atomic E-state index is 11.9. The third-order valence-corrected chi connectivity index (χ3v) is 3.55. The number of carbonyl (C=O) groups is 1. The minimum absolute atomic E-state index is 0.0694. The van der Waals surface area contributed by atoms with Gasteiger partial charge >= 0.3 is 5.69 Å². The lowest BCUT2D eigenvalue weighted by atomic mass is 10.2. The van der Waals surface area contributed by atoms with Gasteiger partial charge < -0.3 is 10.4 Å². The Balaban J connectivity index is 1.83. The van der Waals surface area contributed by atoms with Crippen LogP contribution < -0.4 is 5.32 Å². The van der Waals surface area contributed by atoms with Gasteiger partial charge in [0.2, 0.25) is 5.91 Å². The Bertz CT molecular complexity index is 813. The van der Waals surface area contributed by atoms with E-state index in [1.54, 1.807) is 31.2 Å². The number of nitrogens with zero attached hydrogens (tertiary/aromatic N) is 4. The summed E-state index contributed by atoms with van der Waals surface area (Å²) < 4.78 is 1.31. The number of carbonyl (C=O) groups excluding carboxylic acids is 1. The van der Waals surface area contributed by atoms with E-state index in [2.05, 4.69) is 15.4 Å². The van der Waals surface area contributed by atoms with Crippen molar-refractivity contribution in [3.05, 3.63) is 51.3 Å². The molecule has 1 amide bonds. The molecule has 0 fully saturated rings. The van der Waals surface area contributed by atoms with E-state index in [0.717, 1.165) is 0 Å². The molecule has 0 aliphatic carbocycles. The largest absolute Gasteiger partial charge is 0.507 e. The van der Waals surface area contributed by atoms with Crippen molar-refractivity contribution in [3.8, 4) is 5.75 Å². The van der Waals surface area contributed by atoms with Crippen molar-refractivity contribution in [2.45, 2.75) is 20.4 Å². The second-order valence-electron chi connectivity index (χ2n) is 5.38. The van der Waals surface area contributed by atoms with Crippen LogP contribution in [-0.4, -0.2) is 45.0 Å². The molecule has 0 radical (unpaired) electrons. The standard InChI is InChI=1S/C16H19N5O4/c1-11-16(21(24)25)12(2)20(19-11)10-15(23)18-8-7-17-9-13-5-3-4-6-14(13)22/h3-6,9,22H,7-8,10H2,1-2H3,(H,18,23). The molecule has 1 heterocycles. The zero-order valence-corrected chi connectivity index (χ0v) is 14.0. The number of hydrogen-bond donors (Lipinski definition) is 2. The minimum atomic E-state index is -0.500. The van der Waals surface area contributed by atoms with E-state index in [-0.39, 0.29) is 29.6 Å². The summed E-state index contributed by atoms with van der Waals surface area (Å²) in [4.78, 5) is 26.5. The number of nitro groups is 1. The molecule has 0 saturated carbocycles. The number of para-hydroxylation sites is 1. The van der Waals surface area contributed by atoms with E-state index in [1.165, 1.54) is 17.8 Å². The van der Waals surface area contributed by atoms with Crippen molar-refractivity contribution in [3.63, 3.8) is 0 Å². The number of aromatic nitrogens is 2. The van der Waals surface area contributed by atoms with Crippen LogP contribution in [0.15, 0.2) is 29.3 Å². The van der Waals surface area contributed by atoms with Crippen LogP contribution in [0.5, 0.6) is 5.75 Å². The fourth-order valence-corrected chi connectivity index (χ4v) is 2.32. The van der Waals surface area contributed by atoms with E-state index >= 15 is 0 Å². The number of phenolic OH excluding ortho intramolecular Hbond substituents is 1. The summed E-state index contributed by atoms with van der Waals surface area (Å²) in [6.45, 7) is 3.65. The van der Waals surface area contributed by atoms with Crippen LogP contribution in [0.1, 0.15) is 17.0 Å². The van der Waals surface area contributed by atoms with Crippen molar-refractivity contribution < 1.29 is 14.8 Å². The molecule has 2 aromatic rings. The Morgan fingerprint density at radius 3 is 2.80 bits per heavy atom. The summed E-state index contributed by atoms with van der Waals surface area (Å²) in [5.41, 5.74) is 1.15. The Kier molecular flexibility index (Phi) is 5.83. The Hall–Kier alpha value is -3.23. The number of aryl methyl sites for hydroxylation is 1. The van der Waals surface area contributed by atoms with Crippen LogP contribution in [0.4, 0.5) is 5.69 Å². The lowest BCUT2D eigenvalue weighted by Crippen LogP contribution is -2.30. The fourth-order valence-electron chi connectivity index (χ4n) is 2.32.